The number of hydrogen-bond donors (Lipinski definition) is 1. The fourth-order valence-corrected chi connectivity index (χ4v) is 2.22. The van der Waals surface area contributed by atoms with Crippen LogP contribution in [0.25, 0.3) is 0 Å². The maximum Gasteiger partial charge on any atom is 0.145 e. The fourth-order valence-electron chi connectivity index (χ4n) is 2.22. The quantitative estimate of drug-likeness (QED) is 0.924. The highest BCUT2D eigenvalue weighted by atomic mass is 35.5. The van der Waals surface area contributed by atoms with Gasteiger partial charge in [0.2, 0.25) is 0 Å². The number of rotatable bonds is 3. The molecule has 1 heterocycles. The van der Waals surface area contributed by atoms with Crippen molar-refractivity contribution in [1.29, 1.82) is 0 Å². The summed E-state index contributed by atoms with van der Waals surface area (Å²) in [6.45, 7) is 11.0. The summed E-state index contributed by atoms with van der Waals surface area (Å²) < 4.78 is 5.98. The number of aliphatic imine (C=N–C) groups is 1. The summed E-state index contributed by atoms with van der Waals surface area (Å²) in [7, 11) is 0. The number of ether oxygens (including phenoxy) is 1. The van der Waals surface area contributed by atoms with Crippen LogP contribution in [0.4, 0.5) is 0 Å². The van der Waals surface area contributed by atoms with Gasteiger partial charge >= 0.3 is 0 Å². The van der Waals surface area contributed by atoms with E-state index in [0.29, 0.717) is 6.61 Å². The molecule has 2 rings (SSSR count). The van der Waals surface area contributed by atoms with Gasteiger partial charge in [-0.1, -0.05) is 6.07 Å². The predicted molar refractivity (Wildman–Crippen MR) is 83.1 cm³/mol. The average Bonchev–Trinajstić information content (AvgIpc) is 2.38. The zero-order chi connectivity index (χ0) is 13.1. The Hall–Kier alpha value is -1.22. The lowest BCUT2D eigenvalue weighted by molar-refractivity contribution is 0.364. The van der Waals surface area contributed by atoms with E-state index in [4.69, 9.17) is 4.74 Å². The molecule has 4 heteroatoms. The Morgan fingerprint density at radius 1 is 1.16 bits per heavy atom. The van der Waals surface area contributed by atoms with E-state index in [1.807, 2.05) is 0 Å². The van der Waals surface area contributed by atoms with Crippen LogP contribution in [0.3, 0.4) is 0 Å². The number of halogens is 1. The van der Waals surface area contributed by atoms with Gasteiger partial charge in [-0.15, -0.1) is 12.4 Å². The molecule has 0 unspecified atom stereocenters. The molecule has 0 aliphatic carbocycles. The first-order valence-electron chi connectivity index (χ1n) is 6.57. The Balaban J connectivity index is 0.00000180. The third kappa shape index (κ3) is 3.63. The van der Waals surface area contributed by atoms with Gasteiger partial charge in [0, 0.05) is 13.1 Å². The predicted octanol–water partition coefficient (Wildman–Crippen LogP) is 3.11. The Morgan fingerprint density at radius 3 is 2.32 bits per heavy atom. The monoisotopic (exact) mass is 282 g/mol. The number of hydrogen-bond acceptors (Lipinski definition) is 3. The first kappa shape index (κ1) is 15.8. The molecule has 1 aromatic carbocycles. The van der Waals surface area contributed by atoms with Crippen LogP contribution in [-0.2, 0) is 0 Å². The highest BCUT2D eigenvalue weighted by molar-refractivity contribution is 5.85. The van der Waals surface area contributed by atoms with Crippen molar-refractivity contribution in [3.63, 3.8) is 0 Å². The molecule has 0 aromatic heterocycles. The largest absolute Gasteiger partial charge is 0.485 e. The fraction of sp³-hybridized carbons (Fsp3) is 0.533. The summed E-state index contributed by atoms with van der Waals surface area (Å²) in [6, 6.07) is 2.22. The maximum atomic E-state index is 5.98. The van der Waals surface area contributed by atoms with Gasteiger partial charge in [-0.2, -0.15) is 0 Å². The topological polar surface area (TPSA) is 33.6 Å². The zero-order valence-corrected chi connectivity index (χ0v) is 13.0. The molecule has 0 saturated heterocycles. The molecule has 1 aromatic rings. The van der Waals surface area contributed by atoms with Crippen LogP contribution in [0.1, 0.15) is 28.7 Å². The van der Waals surface area contributed by atoms with E-state index in [0.717, 1.165) is 31.1 Å². The van der Waals surface area contributed by atoms with Crippen LogP contribution in [0.5, 0.6) is 5.75 Å². The van der Waals surface area contributed by atoms with Crippen molar-refractivity contribution in [3.05, 3.63) is 28.3 Å². The molecule has 1 N–H and O–H groups in total. The molecule has 0 spiro atoms. The van der Waals surface area contributed by atoms with Crippen LogP contribution in [-0.4, -0.2) is 25.5 Å². The number of amidine groups is 1. The van der Waals surface area contributed by atoms with Crippen molar-refractivity contribution in [2.75, 3.05) is 19.7 Å². The van der Waals surface area contributed by atoms with E-state index in [9.17, 15) is 0 Å². The highest BCUT2D eigenvalue weighted by Gasteiger charge is 2.11. The second-order valence-corrected chi connectivity index (χ2v) is 4.99. The first-order chi connectivity index (χ1) is 8.59. The van der Waals surface area contributed by atoms with Gasteiger partial charge < -0.3 is 10.1 Å². The molecular weight excluding hydrogens is 260 g/mol. The van der Waals surface area contributed by atoms with E-state index in [1.165, 1.54) is 22.3 Å². The smallest absolute Gasteiger partial charge is 0.145 e. The van der Waals surface area contributed by atoms with E-state index in [2.05, 4.69) is 44.1 Å². The molecule has 0 atom stereocenters. The maximum absolute atomic E-state index is 5.98. The lowest BCUT2D eigenvalue weighted by Gasteiger charge is -2.19. The van der Waals surface area contributed by atoms with Crippen LogP contribution in [0, 0.1) is 27.7 Å². The van der Waals surface area contributed by atoms with E-state index in [1.54, 1.807) is 0 Å². The molecule has 0 saturated carbocycles. The first-order valence-corrected chi connectivity index (χ1v) is 6.57. The Kier molecular flexibility index (Phi) is 5.67. The van der Waals surface area contributed by atoms with Crippen molar-refractivity contribution in [1.82, 2.24) is 5.32 Å². The number of nitrogens with zero attached hydrogens (tertiary/aromatic N) is 1. The molecule has 3 nitrogen and oxygen atoms in total. The molecule has 19 heavy (non-hydrogen) atoms. The number of aryl methyl sites for hydroxylation is 2. The third-order valence-electron chi connectivity index (χ3n) is 3.62. The Labute approximate surface area is 121 Å². The normalized spacial score (nSPS) is 14.2. The molecule has 0 bridgehead atoms. The lowest BCUT2D eigenvalue weighted by Crippen LogP contribution is -2.34. The van der Waals surface area contributed by atoms with E-state index >= 15 is 0 Å². The summed E-state index contributed by atoms with van der Waals surface area (Å²) in [6.07, 6.45) is 1.12. The minimum atomic E-state index is 0. The van der Waals surface area contributed by atoms with Crippen LogP contribution >= 0.6 is 12.4 Å². The Bertz CT molecular complexity index is 457. The summed E-state index contributed by atoms with van der Waals surface area (Å²) >= 11 is 0. The van der Waals surface area contributed by atoms with Crippen molar-refractivity contribution in [2.24, 2.45) is 4.99 Å². The SMILES string of the molecule is Cc1cc(C)c(C)c(OCC2=NCCCN2)c1C.Cl. The van der Waals surface area contributed by atoms with Gasteiger partial charge in [0.25, 0.3) is 0 Å². The van der Waals surface area contributed by atoms with Gasteiger partial charge in [0.1, 0.15) is 18.2 Å². The molecule has 106 valence electrons. The van der Waals surface area contributed by atoms with Crippen molar-refractivity contribution >= 4 is 18.2 Å². The van der Waals surface area contributed by atoms with Gasteiger partial charge in [0.05, 0.1) is 0 Å². The summed E-state index contributed by atoms with van der Waals surface area (Å²) in [5.74, 6) is 1.99. The minimum absolute atomic E-state index is 0. The second kappa shape index (κ2) is 6.80. The van der Waals surface area contributed by atoms with Gasteiger partial charge in [-0.3, -0.25) is 4.99 Å². The number of nitrogens with one attached hydrogen (secondary N) is 1. The van der Waals surface area contributed by atoms with Crippen LogP contribution in [0.2, 0.25) is 0 Å². The average molecular weight is 283 g/mol. The lowest BCUT2D eigenvalue weighted by atomic mass is 10.0. The van der Waals surface area contributed by atoms with Crippen molar-refractivity contribution in [3.8, 4) is 5.75 Å². The zero-order valence-electron chi connectivity index (χ0n) is 12.2. The van der Waals surface area contributed by atoms with Crippen molar-refractivity contribution in [2.45, 2.75) is 34.1 Å². The van der Waals surface area contributed by atoms with Gasteiger partial charge in [-0.05, 0) is 56.4 Å². The van der Waals surface area contributed by atoms with Crippen molar-refractivity contribution < 1.29 is 4.74 Å². The summed E-state index contributed by atoms with van der Waals surface area (Å²) in [5.41, 5.74) is 5.03. The molecule has 1 aliphatic rings. The summed E-state index contributed by atoms with van der Waals surface area (Å²) in [5, 5.41) is 3.28. The molecule has 1 aliphatic heterocycles. The standard InChI is InChI=1S/C15H22N2O.ClH/c1-10-8-11(2)13(4)15(12(10)3)18-9-14-16-6-5-7-17-14;/h8H,5-7,9H2,1-4H3,(H,16,17);1H. The molecule has 0 amide bonds. The van der Waals surface area contributed by atoms with Crippen LogP contribution < -0.4 is 10.1 Å². The molecule has 0 radical (unpaired) electrons. The van der Waals surface area contributed by atoms with E-state index < -0.39 is 0 Å². The second-order valence-electron chi connectivity index (χ2n) is 4.99. The van der Waals surface area contributed by atoms with Gasteiger partial charge in [-0.25, -0.2) is 0 Å². The minimum Gasteiger partial charge on any atom is -0.485 e. The number of benzene rings is 1. The summed E-state index contributed by atoms with van der Waals surface area (Å²) in [4.78, 5) is 4.43. The molecule has 0 fully saturated rings. The molecular formula is C15H23ClN2O. The third-order valence-corrected chi connectivity index (χ3v) is 3.62. The highest BCUT2D eigenvalue weighted by Crippen LogP contribution is 2.28. The van der Waals surface area contributed by atoms with E-state index in [-0.39, 0.29) is 12.4 Å². The van der Waals surface area contributed by atoms with Crippen LogP contribution in [0.15, 0.2) is 11.1 Å². The Morgan fingerprint density at radius 2 is 1.79 bits per heavy atom. The van der Waals surface area contributed by atoms with Gasteiger partial charge in [0.15, 0.2) is 0 Å².